The first-order valence-corrected chi connectivity index (χ1v) is 8.11. The number of carbonyl (C=O) groups excluding carboxylic acids is 1. The molecule has 0 saturated carbocycles. The van der Waals surface area contributed by atoms with Crippen LogP contribution in [0.3, 0.4) is 0 Å². The van der Waals surface area contributed by atoms with Crippen LogP contribution in [0.4, 0.5) is 11.4 Å². The lowest BCUT2D eigenvalue weighted by Crippen LogP contribution is -2.14. The zero-order valence-corrected chi connectivity index (χ0v) is 14.3. The molecule has 0 bridgehead atoms. The van der Waals surface area contributed by atoms with E-state index in [1.807, 2.05) is 12.1 Å². The molecule has 26 heavy (non-hydrogen) atoms. The van der Waals surface area contributed by atoms with E-state index in [1.54, 1.807) is 54.6 Å². The summed E-state index contributed by atoms with van der Waals surface area (Å²) < 4.78 is 0. The van der Waals surface area contributed by atoms with E-state index in [4.69, 9.17) is 11.6 Å². The van der Waals surface area contributed by atoms with E-state index < -0.39 is 5.91 Å². The van der Waals surface area contributed by atoms with Crippen molar-refractivity contribution in [1.82, 2.24) is 0 Å². The van der Waals surface area contributed by atoms with E-state index in [0.29, 0.717) is 21.8 Å². The van der Waals surface area contributed by atoms with Crippen molar-refractivity contribution in [2.24, 2.45) is 0 Å². The van der Waals surface area contributed by atoms with Gasteiger partial charge in [-0.1, -0.05) is 48.0 Å². The monoisotopic (exact) mass is 363 g/mol. The summed E-state index contributed by atoms with van der Waals surface area (Å²) in [6.07, 6.45) is 1.32. The second kappa shape index (κ2) is 7.60. The molecule has 3 aromatic carbocycles. The first-order valence-electron chi connectivity index (χ1n) is 7.73. The quantitative estimate of drug-likeness (QED) is 0.465. The van der Waals surface area contributed by atoms with Crippen LogP contribution in [0.1, 0.15) is 0 Å². The molecule has 0 radical (unpaired) electrons. The Balaban J connectivity index is 1.85. The summed E-state index contributed by atoms with van der Waals surface area (Å²) in [4.78, 5) is 12.3. The van der Waals surface area contributed by atoms with Crippen LogP contribution in [-0.2, 0) is 4.79 Å². The van der Waals surface area contributed by atoms with Gasteiger partial charge in [-0.05, 0) is 24.3 Å². The van der Waals surface area contributed by atoms with E-state index in [0.717, 1.165) is 5.39 Å². The van der Waals surface area contributed by atoms with Crippen molar-refractivity contribution in [2.45, 2.75) is 0 Å². The topological polar surface area (TPSA) is 85.2 Å². The summed E-state index contributed by atoms with van der Waals surface area (Å²) >= 11 is 6.01. The Hall–Kier alpha value is -3.49. The predicted octanol–water partition coefficient (Wildman–Crippen LogP) is 4.66. The smallest absolute Gasteiger partial charge is 0.267 e. The van der Waals surface area contributed by atoms with Crippen LogP contribution in [0, 0.1) is 11.3 Å². The Morgan fingerprint density at radius 3 is 2.46 bits per heavy atom. The molecule has 0 spiro atoms. The maximum absolute atomic E-state index is 12.3. The van der Waals surface area contributed by atoms with Gasteiger partial charge in [0.25, 0.3) is 5.91 Å². The van der Waals surface area contributed by atoms with Crippen LogP contribution < -0.4 is 10.6 Å². The third kappa shape index (κ3) is 3.61. The van der Waals surface area contributed by atoms with Crippen LogP contribution >= 0.6 is 11.6 Å². The van der Waals surface area contributed by atoms with Gasteiger partial charge in [-0.25, -0.2) is 0 Å². The fourth-order valence-electron chi connectivity index (χ4n) is 2.47. The Labute approximate surface area is 155 Å². The van der Waals surface area contributed by atoms with Crippen molar-refractivity contribution in [2.75, 3.05) is 10.6 Å². The summed E-state index contributed by atoms with van der Waals surface area (Å²) in [5.74, 6) is -0.414. The molecule has 3 rings (SSSR count). The molecule has 0 saturated heterocycles. The number of hydrogen-bond acceptors (Lipinski definition) is 4. The lowest BCUT2D eigenvalue weighted by molar-refractivity contribution is -0.112. The van der Waals surface area contributed by atoms with E-state index in [2.05, 4.69) is 10.6 Å². The molecular formula is C20H14ClN3O2. The van der Waals surface area contributed by atoms with Gasteiger partial charge < -0.3 is 15.7 Å². The van der Waals surface area contributed by atoms with Gasteiger partial charge in [0, 0.05) is 22.7 Å². The standard InChI is InChI=1S/C20H14ClN3O2/c21-16-7-1-2-8-18(16)24-20(26)13(11-22)12-23-17-9-3-6-15-14(17)5-4-10-19(15)25/h1-10,12,23,25H,(H,24,26)/b13-12-. The minimum Gasteiger partial charge on any atom is -0.507 e. The van der Waals surface area contributed by atoms with Gasteiger partial charge in [0.2, 0.25) is 0 Å². The number of fused-ring (bicyclic) bond motifs is 1. The van der Waals surface area contributed by atoms with Crippen molar-refractivity contribution in [3.8, 4) is 11.8 Å². The second-order valence-electron chi connectivity index (χ2n) is 5.43. The molecule has 3 N–H and O–H groups in total. The van der Waals surface area contributed by atoms with Crippen molar-refractivity contribution in [3.05, 3.63) is 77.5 Å². The van der Waals surface area contributed by atoms with E-state index in [1.165, 1.54) is 6.20 Å². The SMILES string of the molecule is N#C/C(=C/Nc1cccc2c(O)cccc12)C(=O)Nc1ccccc1Cl. The number of rotatable bonds is 4. The highest BCUT2D eigenvalue weighted by Crippen LogP contribution is 2.30. The highest BCUT2D eigenvalue weighted by molar-refractivity contribution is 6.34. The highest BCUT2D eigenvalue weighted by Gasteiger charge is 2.11. The molecule has 0 aliphatic carbocycles. The lowest BCUT2D eigenvalue weighted by Gasteiger charge is -2.09. The number of aromatic hydroxyl groups is 1. The van der Waals surface area contributed by atoms with Crippen LogP contribution in [0.25, 0.3) is 10.8 Å². The van der Waals surface area contributed by atoms with E-state index in [9.17, 15) is 15.2 Å². The van der Waals surface area contributed by atoms with E-state index in [-0.39, 0.29) is 11.3 Å². The molecule has 5 nitrogen and oxygen atoms in total. The largest absolute Gasteiger partial charge is 0.507 e. The molecule has 0 unspecified atom stereocenters. The number of anilines is 2. The van der Waals surface area contributed by atoms with Crippen LogP contribution in [0.15, 0.2) is 72.4 Å². The normalized spacial score (nSPS) is 11.0. The van der Waals surface area contributed by atoms with Gasteiger partial charge in [-0.2, -0.15) is 5.26 Å². The van der Waals surface area contributed by atoms with Gasteiger partial charge in [0.15, 0.2) is 0 Å². The lowest BCUT2D eigenvalue weighted by atomic mass is 10.1. The average molecular weight is 364 g/mol. The van der Waals surface area contributed by atoms with Gasteiger partial charge in [0.1, 0.15) is 17.4 Å². The van der Waals surface area contributed by atoms with Gasteiger partial charge >= 0.3 is 0 Å². The number of benzene rings is 3. The number of para-hydroxylation sites is 1. The molecule has 0 aliphatic rings. The van der Waals surface area contributed by atoms with E-state index >= 15 is 0 Å². The third-order valence-electron chi connectivity index (χ3n) is 3.76. The average Bonchev–Trinajstić information content (AvgIpc) is 2.65. The molecule has 0 heterocycles. The van der Waals surface area contributed by atoms with Gasteiger partial charge in [-0.15, -0.1) is 0 Å². The number of nitrogens with zero attached hydrogens (tertiary/aromatic N) is 1. The fraction of sp³-hybridized carbons (Fsp3) is 0. The number of amides is 1. The fourth-order valence-corrected chi connectivity index (χ4v) is 2.65. The second-order valence-corrected chi connectivity index (χ2v) is 5.83. The van der Waals surface area contributed by atoms with Crippen molar-refractivity contribution < 1.29 is 9.90 Å². The molecule has 0 fully saturated rings. The molecule has 1 amide bonds. The van der Waals surface area contributed by atoms with Crippen LogP contribution in [-0.4, -0.2) is 11.0 Å². The number of hydrogen-bond donors (Lipinski definition) is 3. The Morgan fingerprint density at radius 2 is 1.69 bits per heavy atom. The number of halogens is 1. The maximum atomic E-state index is 12.3. The Bertz CT molecular complexity index is 1050. The first-order chi connectivity index (χ1) is 12.6. The Kier molecular flexibility index (Phi) is 5.07. The summed E-state index contributed by atoms with van der Waals surface area (Å²) in [6, 6.07) is 19.1. The predicted molar refractivity (Wildman–Crippen MR) is 103 cm³/mol. The molecule has 6 heteroatoms. The summed E-state index contributed by atoms with van der Waals surface area (Å²) in [5, 5.41) is 26.6. The zero-order valence-electron chi connectivity index (χ0n) is 13.5. The summed E-state index contributed by atoms with van der Waals surface area (Å²) in [5.41, 5.74) is 0.981. The maximum Gasteiger partial charge on any atom is 0.267 e. The van der Waals surface area contributed by atoms with Gasteiger partial charge in [0.05, 0.1) is 10.7 Å². The number of carbonyl (C=O) groups is 1. The minimum atomic E-state index is -0.573. The molecule has 0 aromatic heterocycles. The number of phenolic OH excluding ortho intramolecular Hbond substituents is 1. The summed E-state index contributed by atoms with van der Waals surface area (Å²) in [7, 11) is 0. The van der Waals surface area contributed by atoms with Crippen molar-refractivity contribution in [3.63, 3.8) is 0 Å². The summed E-state index contributed by atoms with van der Waals surface area (Å²) in [6.45, 7) is 0. The molecule has 0 aliphatic heterocycles. The number of nitrogens with one attached hydrogen (secondary N) is 2. The van der Waals surface area contributed by atoms with Crippen LogP contribution in [0.2, 0.25) is 5.02 Å². The Morgan fingerprint density at radius 1 is 1.00 bits per heavy atom. The number of phenols is 1. The molecular weight excluding hydrogens is 350 g/mol. The van der Waals surface area contributed by atoms with Crippen molar-refractivity contribution in [1.29, 1.82) is 5.26 Å². The molecule has 0 atom stereocenters. The molecule has 128 valence electrons. The highest BCUT2D eigenvalue weighted by atomic mass is 35.5. The molecule has 3 aromatic rings. The minimum absolute atomic E-state index is 0.109. The van der Waals surface area contributed by atoms with Gasteiger partial charge in [-0.3, -0.25) is 4.79 Å². The number of nitriles is 1. The van der Waals surface area contributed by atoms with Crippen LogP contribution in [0.5, 0.6) is 5.75 Å². The zero-order chi connectivity index (χ0) is 18.5. The first kappa shape index (κ1) is 17.3. The third-order valence-corrected chi connectivity index (χ3v) is 4.09. The van der Waals surface area contributed by atoms with Crippen molar-refractivity contribution >= 4 is 39.7 Å².